The van der Waals surface area contributed by atoms with Crippen LogP contribution in [0.5, 0.6) is 0 Å². The summed E-state index contributed by atoms with van der Waals surface area (Å²) in [5.41, 5.74) is 3.97. The zero-order valence-corrected chi connectivity index (χ0v) is 32.5. The summed E-state index contributed by atoms with van der Waals surface area (Å²) in [7, 11) is -1.86. The molecule has 0 bridgehead atoms. The number of halogens is 2. The maximum atomic E-state index is 12.8. The molecule has 4 aromatic rings. The lowest BCUT2D eigenvalue weighted by Crippen LogP contribution is -2.68. The highest BCUT2D eigenvalue weighted by molar-refractivity contribution is 6.78. The van der Waals surface area contributed by atoms with Crippen LogP contribution in [0.4, 0.5) is 9.59 Å². The van der Waals surface area contributed by atoms with Crippen molar-refractivity contribution >= 4 is 43.5 Å². The van der Waals surface area contributed by atoms with Crippen molar-refractivity contribution in [2.75, 3.05) is 12.7 Å². The molecule has 266 valence electrons. The van der Waals surface area contributed by atoms with E-state index in [1.165, 1.54) is 0 Å². The standard InChI is InChI=1S/C37H46Cl2N6O4Si/c1-36(2,3)45(35(47)48)21-50(7,8)20-27(45)33-41-29(31(39)43-33)25-17-13-23(14-18-25)22-11-15-24(16-12-22)28-30(38)42-32(40-28)26-10-9-19-44(26)34(46)49-37(4,5)6/h11-18,26-27H,9-10,19-21H2,1-8H3,(H2-,40,41,42,43,47,48). The molecular formula is C37H46Cl2N6O4Si. The highest BCUT2D eigenvalue weighted by Gasteiger charge is 2.60. The van der Waals surface area contributed by atoms with Crippen LogP contribution in [0.1, 0.15) is 78.1 Å². The number of imidazole rings is 2. The van der Waals surface area contributed by atoms with E-state index >= 15 is 0 Å². The molecule has 2 aliphatic rings. The average Bonchev–Trinajstić information content (AvgIpc) is 3.80. The van der Waals surface area contributed by atoms with Crippen molar-refractivity contribution in [3.8, 4) is 33.6 Å². The smallest absolute Gasteiger partial charge is 0.410 e. The number of hydrogen-bond donors (Lipinski definition) is 2. The van der Waals surface area contributed by atoms with Gasteiger partial charge >= 0.3 is 6.09 Å². The number of quaternary nitrogens is 1. The Labute approximate surface area is 304 Å². The highest BCUT2D eigenvalue weighted by atomic mass is 35.5. The fourth-order valence-electron chi connectivity index (χ4n) is 7.69. The number of carbonyl (C=O) groups is 2. The number of carbonyl (C=O) groups excluding carboxylic acids is 2. The van der Waals surface area contributed by atoms with Gasteiger partial charge in [-0.1, -0.05) is 84.8 Å². The van der Waals surface area contributed by atoms with Gasteiger partial charge in [0.15, 0.2) is 22.2 Å². The predicted molar refractivity (Wildman–Crippen MR) is 197 cm³/mol. The van der Waals surface area contributed by atoms with Gasteiger partial charge in [0.2, 0.25) is 0 Å². The van der Waals surface area contributed by atoms with Gasteiger partial charge in [-0.3, -0.25) is 9.38 Å². The van der Waals surface area contributed by atoms with E-state index in [1.807, 2.05) is 90.1 Å². The van der Waals surface area contributed by atoms with E-state index in [9.17, 15) is 14.7 Å². The molecule has 10 nitrogen and oxygen atoms in total. The molecule has 2 aliphatic heterocycles. The van der Waals surface area contributed by atoms with Crippen LogP contribution in [0, 0.1) is 0 Å². The van der Waals surface area contributed by atoms with Crippen molar-refractivity contribution in [1.29, 1.82) is 0 Å². The minimum absolute atomic E-state index is 0.166. The number of aromatic amines is 2. The fraction of sp³-hybridized carbons (Fsp3) is 0.459. The number of rotatable bonds is 5. The number of H-pyrrole nitrogens is 2. The van der Waals surface area contributed by atoms with E-state index in [2.05, 4.69) is 33.0 Å². The number of ether oxygens (including phenoxy) is 1. The van der Waals surface area contributed by atoms with Crippen LogP contribution in [0.15, 0.2) is 48.5 Å². The Morgan fingerprint density at radius 1 is 0.860 bits per heavy atom. The van der Waals surface area contributed by atoms with E-state index < -0.39 is 25.3 Å². The van der Waals surface area contributed by atoms with Gasteiger partial charge in [0.1, 0.15) is 19.5 Å². The van der Waals surface area contributed by atoms with Crippen molar-refractivity contribution in [2.24, 2.45) is 0 Å². The van der Waals surface area contributed by atoms with Crippen molar-refractivity contribution in [1.82, 2.24) is 24.8 Å². The molecule has 2 fully saturated rings. The first-order valence-electron chi connectivity index (χ1n) is 17.1. The zero-order valence-electron chi connectivity index (χ0n) is 30.0. The molecule has 0 radical (unpaired) electrons. The van der Waals surface area contributed by atoms with Gasteiger partial charge in [-0.15, -0.1) is 0 Å². The van der Waals surface area contributed by atoms with Gasteiger partial charge in [0.05, 0.1) is 29.1 Å². The second-order valence-corrected chi connectivity index (χ2v) is 22.2. The third kappa shape index (κ3) is 6.72. The van der Waals surface area contributed by atoms with Gasteiger partial charge in [0.25, 0.3) is 6.09 Å². The topological polar surface area (TPSA) is 127 Å². The number of likely N-dealkylation sites (tertiary alicyclic amines) is 1. The third-order valence-corrected chi connectivity index (χ3v) is 13.4. The molecule has 2 aromatic heterocycles. The van der Waals surface area contributed by atoms with Crippen LogP contribution in [0.3, 0.4) is 0 Å². The molecule has 2 amide bonds. The molecule has 3 unspecified atom stereocenters. The summed E-state index contributed by atoms with van der Waals surface area (Å²) in [4.78, 5) is 43.4. The molecule has 50 heavy (non-hydrogen) atoms. The Balaban J connectivity index is 1.20. The fourth-order valence-corrected chi connectivity index (χ4v) is 12.0. The van der Waals surface area contributed by atoms with Crippen LogP contribution in [-0.4, -0.2) is 73.4 Å². The summed E-state index contributed by atoms with van der Waals surface area (Å²) < 4.78 is 5.46. The van der Waals surface area contributed by atoms with Crippen LogP contribution in [0.2, 0.25) is 29.4 Å². The summed E-state index contributed by atoms with van der Waals surface area (Å²) >= 11 is 13.3. The largest absolute Gasteiger partial charge is 0.498 e. The number of aromatic nitrogens is 4. The Bertz CT molecular complexity index is 1910. The first-order chi connectivity index (χ1) is 23.3. The maximum absolute atomic E-state index is 12.8. The van der Waals surface area contributed by atoms with E-state index in [0.717, 1.165) is 41.1 Å². The average molecular weight is 738 g/mol. The Morgan fingerprint density at radius 3 is 1.82 bits per heavy atom. The van der Waals surface area contributed by atoms with Crippen molar-refractivity contribution in [3.05, 3.63) is 70.5 Å². The minimum Gasteiger partial charge on any atom is -0.498 e. The van der Waals surface area contributed by atoms with Crippen molar-refractivity contribution in [3.63, 3.8) is 0 Å². The summed E-state index contributed by atoms with van der Waals surface area (Å²) in [6, 6.07) is 16.2. The van der Waals surface area contributed by atoms with Gasteiger partial charge in [-0.2, -0.15) is 0 Å². The minimum atomic E-state index is -1.86. The second kappa shape index (κ2) is 12.8. The van der Waals surface area contributed by atoms with Gasteiger partial charge < -0.3 is 24.6 Å². The van der Waals surface area contributed by atoms with Gasteiger partial charge in [-0.25, -0.2) is 14.8 Å². The van der Waals surface area contributed by atoms with E-state index in [4.69, 9.17) is 27.9 Å². The van der Waals surface area contributed by atoms with Crippen LogP contribution >= 0.6 is 23.2 Å². The number of nitrogens with one attached hydrogen (secondary N) is 2. The number of carboxylic acid groups (broad SMARTS) is 1. The highest BCUT2D eigenvalue weighted by Crippen LogP contribution is 2.49. The Hall–Kier alpha value is -3.64. The van der Waals surface area contributed by atoms with Crippen LogP contribution in [0.25, 0.3) is 33.6 Å². The van der Waals surface area contributed by atoms with E-state index in [-0.39, 0.29) is 22.7 Å². The Morgan fingerprint density at radius 2 is 1.34 bits per heavy atom. The molecule has 2 N–H and O–H groups in total. The number of amides is 2. The van der Waals surface area contributed by atoms with E-state index in [0.29, 0.717) is 46.1 Å². The first kappa shape index (κ1) is 36.2. The van der Waals surface area contributed by atoms with Crippen LogP contribution in [-0.2, 0) is 4.74 Å². The second-order valence-electron chi connectivity index (χ2n) is 16.4. The normalized spacial score (nSPS) is 22.2. The summed E-state index contributed by atoms with van der Waals surface area (Å²) in [6.45, 7) is 16.5. The predicted octanol–water partition coefficient (Wildman–Crippen LogP) is 8.77. The number of hydrogen-bond acceptors (Lipinski definition) is 6. The molecular weight excluding hydrogens is 691 g/mol. The molecule has 6 rings (SSSR count). The molecule has 3 atom stereocenters. The molecule has 0 aliphatic carbocycles. The lowest BCUT2D eigenvalue weighted by atomic mass is 9.99. The maximum Gasteiger partial charge on any atom is 0.410 e. The Kier molecular flexibility index (Phi) is 9.29. The molecule has 0 saturated carbocycles. The number of benzene rings is 2. The van der Waals surface area contributed by atoms with Crippen LogP contribution < -0.4 is 5.11 Å². The SMILES string of the molecule is CC(C)(C)OC(=O)N1CCCC1c1nc(Cl)c(-c2ccc(-c3ccc(-c4[nH]c(C5C[Si](C)(C)C[N+]5(C(=O)[O-])C(C)(C)C)nc4Cl)cc3)cc2)[nH]1. The van der Waals surface area contributed by atoms with Crippen molar-refractivity contribution in [2.45, 2.75) is 96.7 Å². The third-order valence-electron chi connectivity index (χ3n) is 10.0. The summed E-state index contributed by atoms with van der Waals surface area (Å²) in [5.74, 6) is 1.24. The molecule has 0 spiro atoms. The van der Waals surface area contributed by atoms with Gasteiger partial charge in [0, 0.05) is 23.7 Å². The monoisotopic (exact) mass is 736 g/mol. The van der Waals surface area contributed by atoms with E-state index in [1.54, 1.807) is 4.90 Å². The summed E-state index contributed by atoms with van der Waals surface area (Å²) in [5, 5.41) is 13.5. The lowest BCUT2D eigenvalue weighted by Gasteiger charge is -2.49. The molecule has 2 aromatic carbocycles. The first-order valence-corrected chi connectivity index (χ1v) is 21.3. The lowest BCUT2D eigenvalue weighted by molar-refractivity contribution is -0.931. The summed E-state index contributed by atoms with van der Waals surface area (Å²) in [6.07, 6.45) is 0.791. The van der Waals surface area contributed by atoms with Gasteiger partial charge in [-0.05, 0) is 65.5 Å². The van der Waals surface area contributed by atoms with Crippen molar-refractivity contribution < 1.29 is 23.9 Å². The molecule has 13 heteroatoms. The quantitative estimate of drug-likeness (QED) is 0.156. The number of nitrogens with zero attached hydrogens (tertiary/aromatic N) is 4. The molecule has 4 heterocycles. The zero-order chi connectivity index (χ0) is 36.4. The molecule has 2 saturated heterocycles.